The fourth-order valence-corrected chi connectivity index (χ4v) is 2.88. The van der Waals surface area contributed by atoms with Crippen molar-refractivity contribution in [1.82, 2.24) is 0 Å². The lowest BCUT2D eigenvalue weighted by molar-refractivity contribution is -0.0436. The van der Waals surface area contributed by atoms with Crippen molar-refractivity contribution in [3.8, 4) is 0 Å². The number of hydrogen-bond acceptors (Lipinski definition) is 3. The first-order chi connectivity index (χ1) is 7.75. The Kier molecular flexibility index (Phi) is 2.53. The maximum Gasteiger partial charge on any atom is 0.501 e. The van der Waals surface area contributed by atoms with Gasteiger partial charge in [-0.1, -0.05) is 12.1 Å². The normalized spacial score (nSPS) is 16.1. The number of alkyl halides is 3. The number of rotatable bonds is 1. The minimum absolute atomic E-state index is 0.0187. The lowest BCUT2D eigenvalue weighted by Gasteiger charge is -2.11. The van der Waals surface area contributed by atoms with Gasteiger partial charge in [0, 0.05) is 12.0 Å². The molecule has 0 saturated heterocycles. The van der Waals surface area contributed by atoms with Crippen LogP contribution in [0.2, 0.25) is 0 Å². The average molecular weight is 264 g/mol. The van der Waals surface area contributed by atoms with Crippen molar-refractivity contribution in [1.29, 1.82) is 0 Å². The summed E-state index contributed by atoms with van der Waals surface area (Å²) >= 11 is 0. The van der Waals surface area contributed by atoms with Crippen molar-refractivity contribution in [2.75, 3.05) is 0 Å². The second-order valence-corrected chi connectivity index (χ2v) is 5.56. The van der Waals surface area contributed by atoms with E-state index in [0.29, 0.717) is 0 Å². The van der Waals surface area contributed by atoms with E-state index in [0.717, 1.165) is 12.1 Å². The highest BCUT2D eigenvalue weighted by Gasteiger charge is 2.48. The van der Waals surface area contributed by atoms with Gasteiger partial charge in [0.25, 0.3) is 9.84 Å². The van der Waals surface area contributed by atoms with Crippen LogP contribution in [0.15, 0.2) is 23.1 Å². The largest absolute Gasteiger partial charge is 0.501 e. The number of sulfone groups is 1. The third-order valence-electron chi connectivity index (χ3n) is 2.63. The van der Waals surface area contributed by atoms with Crippen molar-refractivity contribution < 1.29 is 26.4 Å². The average Bonchev–Trinajstić information content (AvgIpc) is 2.59. The lowest BCUT2D eigenvalue weighted by Crippen LogP contribution is -2.24. The van der Waals surface area contributed by atoms with Crippen molar-refractivity contribution in [2.24, 2.45) is 0 Å². The highest BCUT2D eigenvalue weighted by Crippen LogP contribution is 2.36. The molecule has 0 unspecified atom stereocenters. The predicted octanol–water partition coefficient (Wildman–Crippen LogP) is 2.11. The molecule has 0 heterocycles. The summed E-state index contributed by atoms with van der Waals surface area (Å²) in [5.74, 6) is -0.320. The van der Waals surface area contributed by atoms with Crippen LogP contribution in [-0.2, 0) is 16.3 Å². The summed E-state index contributed by atoms with van der Waals surface area (Å²) in [4.78, 5) is 10.5. The van der Waals surface area contributed by atoms with Gasteiger partial charge in [-0.3, -0.25) is 4.79 Å². The molecule has 0 radical (unpaired) electrons. The molecule has 1 aromatic rings. The van der Waals surface area contributed by atoms with Crippen LogP contribution in [0.4, 0.5) is 13.2 Å². The zero-order valence-electron chi connectivity index (χ0n) is 8.41. The number of ketones is 1. The van der Waals surface area contributed by atoms with Gasteiger partial charge in [-0.05, 0) is 18.1 Å². The van der Waals surface area contributed by atoms with E-state index in [1.165, 1.54) is 6.07 Å². The van der Waals surface area contributed by atoms with Crippen LogP contribution in [0.5, 0.6) is 0 Å². The predicted molar refractivity (Wildman–Crippen MR) is 52.3 cm³/mol. The Hall–Kier alpha value is -1.37. The molecule has 1 aliphatic rings. The highest BCUT2D eigenvalue weighted by molar-refractivity contribution is 7.92. The van der Waals surface area contributed by atoms with E-state index < -0.39 is 20.2 Å². The second-order valence-electron chi connectivity index (χ2n) is 3.65. The van der Waals surface area contributed by atoms with Gasteiger partial charge < -0.3 is 0 Å². The van der Waals surface area contributed by atoms with Gasteiger partial charge in [-0.25, -0.2) is 8.42 Å². The Bertz CT molecular complexity index is 587. The molecule has 3 nitrogen and oxygen atoms in total. The van der Waals surface area contributed by atoms with E-state index >= 15 is 0 Å². The molecule has 2 rings (SSSR count). The fourth-order valence-electron chi connectivity index (χ4n) is 1.83. The van der Waals surface area contributed by atoms with E-state index in [2.05, 4.69) is 0 Å². The molecule has 0 aromatic heterocycles. The molecule has 0 N–H and O–H groups in total. The van der Waals surface area contributed by atoms with Crippen molar-refractivity contribution in [2.45, 2.75) is 23.2 Å². The first-order valence-corrected chi connectivity index (χ1v) is 6.20. The topological polar surface area (TPSA) is 51.2 Å². The van der Waals surface area contributed by atoms with Gasteiger partial charge in [0.15, 0.2) is 5.78 Å². The van der Waals surface area contributed by atoms with Crippen LogP contribution in [-0.4, -0.2) is 19.7 Å². The zero-order valence-corrected chi connectivity index (χ0v) is 9.23. The Morgan fingerprint density at radius 2 is 1.76 bits per heavy atom. The lowest BCUT2D eigenvalue weighted by atomic mass is 10.1. The molecule has 0 amide bonds. The molecule has 0 fully saturated rings. The van der Waals surface area contributed by atoms with Gasteiger partial charge in [0.1, 0.15) is 0 Å². The Morgan fingerprint density at radius 1 is 1.12 bits per heavy atom. The second kappa shape index (κ2) is 3.56. The molecule has 0 aliphatic heterocycles. The summed E-state index contributed by atoms with van der Waals surface area (Å²) in [6.45, 7) is 0. The molecule has 1 aliphatic carbocycles. The van der Waals surface area contributed by atoms with E-state index in [4.69, 9.17) is 0 Å². The van der Waals surface area contributed by atoms with Crippen molar-refractivity contribution in [3.05, 3.63) is 29.3 Å². The fraction of sp³-hybridized carbons (Fsp3) is 0.300. The monoisotopic (exact) mass is 264 g/mol. The smallest absolute Gasteiger partial charge is 0.294 e. The Morgan fingerprint density at radius 3 is 2.35 bits per heavy atom. The summed E-state index contributed by atoms with van der Waals surface area (Å²) in [5.41, 5.74) is -5.28. The van der Waals surface area contributed by atoms with Gasteiger partial charge >= 0.3 is 5.51 Å². The first kappa shape index (κ1) is 12.1. The quantitative estimate of drug-likeness (QED) is 0.780. The summed E-state index contributed by atoms with van der Waals surface area (Å²) in [6, 6.07) is 3.39. The molecule has 1 aromatic carbocycles. The standard InChI is InChI=1S/C10H7F3O3S/c11-10(12,13)17(15,16)9-3-1-2-6-7(9)4-5-8(6)14/h1-3H,4-5H2. The summed E-state index contributed by atoms with van der Waals surface area (Å²) < 4.78 is 59.8. The van der Waals surface area contributed by atoms with E-state index in [1.54, 1.807) is 0 Å². The number of carbonyl (C=O) groups is 1. The van der Waals surface area contributed by atoms with E-state index in [9.17, 15) is 26.4 Å². The minimum Gasteiger partial charge on any atom is -0.294 e. The molecule has 92 valence electrons. The van der Waals surface area contributed by atoms with Gasteiger partial charge in [-0.2, -0.15) is 13.2 Å². The van der Waals surface area contributed by atoms with Crippen LogP contribution in [0.3, 0.4) is 0 Å². The number of fused-ring (bicyclic) bond motifs is 1. The summed E-state index contributed by atoms with van der Waals surface area (Å²) in [5, 5.41) is 0. The molecular formula is C10H7F3O3S. The maximum absolute atomic E-state index is 12.4. The molecule has 0 atom stereocenters. The van der Waals surface area contributed by atoms with Crippen LogP contribution < -0.4 is 0 Å². The van der Waals surface area contributed by atoms with E-state index in [1.807, 2.05) is 0 Å². The summed E-state index contributed by atoms with van der Waals surface area (Å²) in [6.07, 6.45) is 0.0966. The van der Waals surface area contributed by atoms with E-state index in [-0.39, 0.29) is 29.8 Å². The Labute approximate surface area is 95.2 Å². The van der Waals surface area contributed by atoms with Gasteiger partial charge in [-0.15, -0.1) is 0 Å². The number of Topliss-reactive ketones (excluding diaryl/α,β-unsaturated/α-hetero) is 1. The molecule has 0 bridgehead atoms. The Balaban J connectivity index is 2.68. The van der Waals surface area contributed by atoms with Crippen molar-refractivity contribution >= 4 is 15.6 Å². The van der Waals surface area contributed by atoms with Gasteiger partial charge in [0.2, 0.25) is 0 Å². The third kappa shape index (κ3) is 1.74. The van der Waals surface area contributed by atoms with Crippen LogP contribution in [0.25, 0.3) is 0 Å². The number of hydrogen-bond donors (Lipinski definition) is 0. The number of halogens is 3. The molecular weight excluding hydrogens is 257 g/mol. The zero-order chi connectivity index (χ0) is 12.8. The first-order valence-electron chi connectivity index (χ1n) is 4.71. The van der Waals surface area contributed by atoms with Gasteiger partial charge in [0.05, 0.1) is 4.90 Å². The number of benzene rings is 1. The summed E-state index contributed by atoms with van der Waals surface area (Å²) in [7, 11) is -5.38. The van der Waals surface area contributed by atoms with Crippen molar-refractivity contribution in [3.63, 3.8) is 0 Å². The van der Waals surface area contributed by atoms with Crippen LogP contribution in [0.1, 0.15) is 22.3 Å². The molecule has 17 heavy (non-hydrogen) atoms. The highest BCUT2D eigenvalue weighted by atomic mass is 32.2. The molecule has 7 heteroatoms. The van der Waals surface area contributed by atoms with Crippen LogP contribution >= 0.6 is 0 Å². The maximum atomic E-state index is 12.4. The molecule has 0 spiro atoms. The van der Waals surface area contributed by atoms with Crippen LogP contribution in [0, 0.1) is 0 Å². The number of carbonyl (C=O) groups excluding carboxylic acids is 1. The third-order valence-corrected chi connectivity index (χ3v) is 4.20. The molecule has 0 saturated carbocycles. The minimum atomic E-state index is -5.38. The SMILES string of the molecule is O=C1CCc2c1cccc2S(=O)(=O)C(F)(F)F.